The predicted molar refractivity (Wildman–Crippen MR) is 62.0 cm³/mol. The van der Waals surface area contributed by atoms with Crippen LogP contribution in [-0.4, -0.2) is 14.9 Å². The smallest absolute Gasteiger partial charge is 0.273 e. The zero-order chi connectivity index (χ0) is 13.1. The quantitative estimate of drug-likeness (QED) is 0.521. The van der Waals surface area contributed by atoms with E-state index in [1.165, 1.54) is 18.3 Å². The molecule has 0 radical (unpaired) electrons. The minimum atomic E-state index is -0.718. The number of rotatable bonds is 3. The highest BCUT2D eigenvalue weighted by Crippen LogP contribution is 2.28. The fourth-order valence-electron chi connectivity index (χ4n) is 1.23. The average Bonchev–Trinajstić information content (AvgIpc) is 2.28. The topological polar surface area (TPSA) is 88.9 Å². The Hall–Kier alpha value is -2.22. The first-order valence-corrected chi connectivity index (χ1v) is 5.54. The first kappa shape index (κ1) is 12.2. The maximum atomic E-state index is 13.2. The fourth-order valence-corrected chi connectivity index (χ4v) is 2.07. The summed E-state index contributed by atoms with van der Waals surface area (Å²) in [5.41, 5.74) is -0.700. The molecule has 1 aromatic carbocycles. The second-order valence-electron chi connectivity index (χ2n) is 3.24. The van der Waals surface area contributed by atoms with Crippen LogP contribution in [0.5, 0.6) is 0 Å². The molecule has 18 heavy (non-hydrogen) atoms. The summed E-state index contributed by atoms with van der Waals surface area (Å²) in [4.78, 5) is 27.5. The van der Waals surface area contributed by atoms with E-state index >= 15 is 0 Å². The Balaban J connectivity index is 2.34. The van der Waals surface area contributed by atoms with Crippen LogP contribution in [-0.2, 0) is 0 Å². The minimum absolute atomic E-state index is 0.238. The van der Waals surface area contributed by atoms with Crippen molar-refractivity contribution in [3.05, 3.63) is 56.7 Å². The highest BCUT2D eigenvalue weighted by molar-refractivity contribution is 7.99. The van der Waals surface area contributed by atoms with Crippen LogP contribution in [0.3, 0.4) is 0 Å². The molecule has 0 bridgehead atoms. The molecule has 0 aliphatic heterocycles. The molecule has 0 unspecified atom stereocenters. The van der Waals surface area contributed by atoms with Gasteiger partial charge in [0.05, 0.1) is 11.0 Å². The van der Waals surface area contributed by atoms with Gasteiger partial charge in [0.25, 0.3) is 11.2 Å². The molecule has 1 aromatic heterocycles. The number of hydrogen-bond donors (Lipinski definition) is 1. The zero-order valence-corrected chi connectivity index (χ0v) is 9.61. The maximum Gasteiger partial charge on any atom is 0.273 e. The Morgan fingerprint density at radius 1 is 1.39 bits per heavy atom. The number of non-ortho nitro benzene ring substituents is 1. The molecule has 1 heterocycles. The lowest BCUT2D eigenvalue weighted by Crippen LogP contribution is -2.05. The Labute approximate surface area is 104 Å². The van der Waals surface area contributed by atoms with Crippen LogP contribution in [0, 0.1) is 15.9 Å². The van der Waals surface area contributed by atoms with Gasteiger partial charge >= 0.3 is 0 Å². The number of nitro groups is 1. The molecule has 0 saturated carbocycles. The zero-order valence-electron chi connectivity index (χ0n) is 8.79. The van der Waals surface area contributed by atoms with E-state index in [0.29, 0.717) is 0 Å². The molecule has 0 amide bonds. The van der Waals surface area contributed by atoms with E-state index < -0.39 is 10.7 Å². The molecule has 0 aliphatic rings. The van der Waals surface area contributed by atoms with E-state index in [2.05, 4.69) is 9.97 Å². The lowest BCUT2D eigenvalue weighted by atomic mass is 10.3. The number of nitro benzene ring substituents is 1. The minimum Gasteiger partial charge on any atom is -0.301 e. The first-order valence-electron chi connectivity index (χ1n) is 4.73. The number of hydrogen-bond acceptors (Lipinski definition) is 5. The second kappa shape index (κ2) is 4.96. The molecule has 0 spiro atoms. The van der Waals surface area contributed by atoms with Gasteiger partial charge in [0, 0.05) is 23.2 Å². The summed E-state index contributed by atoms with van der Waals surface area (Å²) >= 11 is 0.936. The molecule has 92 valence electrons. The van der Waals surface area contributed by atoms with Gasteiger partial charge in [0.15, 0.2) is 5.16 Å². The van der Waals surface area contributed by atoms with Crippen molar-refractivity contribution in [3.63, 3.8) is 0 Å². The number of H-pyrrole nitrogens is 1. The van der Waals surface area contributed by atoms with E-state index in [-0.39, 0.29) is 21.3 Å². The highest BCUT2D eigenvalue weighted by atomic mass is 32.2. The average molecular weight is 267 g/mol. The first-order chi connectivity index (χ1) is 8.54. The Morgan fingerprint density at radius 3 is 2.83 bits per heavy atom. The second-order valence-corrected chi connectivity index (χ2v) is 4.31. The number of aromatic nitrogens is 2. The molecule has 6 nitrogen and oxygen atoms in total. The van der Waals surface area contributed by atoms with Crippen LogP contribution < -0.4 is 5.56 Å². The van der Waals surface area contributed by atoms with Crippen molar-refractivity contribution in [1.29, 1.82) is 0 Å². The van der Waals surface area contributed by atoms with Crippen molar-refractivity contribution in [2.24, 2.45) is 0 Å². The summed E-state index contributed by atoms with van der Waals surface area (Å²) < 4.78 is 13.2. The van der Waals surface area contributed by atoms with Gasteiger partial charge in [0.1, 0.15) is 5.82 Å². The Bertz CT molecular complexity index is 659. The van der Waals surface area contributed by atoms with E-state index in [9.17, 15) is 19.3 Å². The normalized spacial score (nSPS) is 10.3. The molecule has 0 atom stereocenters. The standard InChI is InChI=1S/C10H6FN3O3S/c11-6-3-7(14(16)17)5-8(4-6)18-10-12-2-1-9(15)13-10/h1-5H,(H,12,13,15). The van der Waals surface area contributed by atoms with Crippen LogP contribution >= 0.6 is 11.8 Å². The summed E-state index contributed by atoms with van der Waals surface area (Å²) in [5, 5.41) is 10.8. The van der Waals surface area contributed by atoms with Crippen LogP contribution in [0.2, 0.25) is 0 Å². The molecule has 0 saturated heterocycles. The lowest BCUT2D eigenvalue weighted by Gasteiger charge is -2.00. The fraction of sp³-hybridized carbons (Fsp3) is 0. The number of aromatic amines is 1. The van der Waals surface area contributed by atoms with Crippen molar-refractivity contribution < 1.29 is 9.31 Å². The molecule has 2 aromatic rings. The summed E-state index contributed by atoms with van der Waals surface area (Å²) in [7, 11) is 0. The van der Waals surface area contributed by atoms with Gasteiger partial charge < -0.3 is 4.98 Å². The Kier molecular flexibility index (Phi) is 3.38. The lowest BCUT2D eigenvalue weighted by molar-refractivity contribution is -0.385. The van der Waals surface area contributed by atoms with Crippen LogP contribution in [0.1, 0.15) is 0 Å². The van der Waals surface area contributed by atoms with E-state index in [0.717, 1.165) is 23.9 Å². The Morgan fingerprint density at radius 2 is 2.17 bits per heavy atom. The molecule has 0 fully saturated rings. The van der Waals surface area contributed by atoms with Gasteiger partial charge in [0.2, 0.25) is 0 Å². The maximum absolute atomic E-state index is 13.2. The van der Waals surface area contributed by atoms with Crippen molar-refractivity contribution >= 4 is 17.4 Å². The number of benzene rings is 1. The molecule has 0 aliphatic carbocycles. The predicted octanol–water partition coefficient (Wildman–Crippen LogP) is 1.97. The molecule has 1 N–H and O–H groups in total. The van der Waals surface area contributed by atoms with Gasteiger partial charge in [-0.15, -0.1) is 0 Å². The van der Waals surface area contributed by atoms with Crippen LogP contribution in [0.15, 0.2) is 45.3 Å². The summed E-state index contributed by atoms with van der Waals surface area (Å²) in [6.07, 6.45) is 1.30. The third-order valence-corrected chi connectivity index (χ3v) is 2.80. The third kappa shape index (κ3) is 2.92. The molecule has 2 rings (SSSR count). The summed E-state index contributed by atoms with van der Waals surface area (Å²) in [6, 6.07) is 4.40. The number of halogens is 1. The largest absolute Gasteiger partial charge is 0.301 e. The summed E-state index contributed by atoms with van der Waals surface area (Å²) in [6.45, 7) is 0. The third-order valence-electron chi connectivity index (χ3n) is 1.93. The van der Waals surface area contributed by atoms with E-state index in [1.54, 1.807) is 0 Å². The SMILES string of the molecule is O=c1ccnc(Sc2cc(F)cc([N+](=O)[O-])c2)[nH]1. The molecular weight excluding hydrogens is 261 g/mol. The van der Waals surface area contributed by atoms with Crippen LogP contribution in [0.4, 0.5) is 10.1 Å². The van der Waals surface area contributed by atoms with Crippen molar-refractivity contribution in [2.75, 3.05) is 0 Å². The monoisotopic (exact) mass is 267 g/mol. The van der Waals surface area contributed by atoms with E-state index in [1.807, 2.05) is 0 Å². The number of nitrogens with one attached hydrogen (secondary N) is 1. The van der Waals surface area contributed by atoms with Gasteiger partial charge in [-0.25, -0.2) is 9.37 Å². The highest BCUT2D eigenvalue weighted by Gasteiger charge is 2.11. The van der Waals surface area contributed by atoms with Gasteiger partial charge in [-0.1, -0.05) is 11.8 Å². The van der Waals surface area contributed by atoms with Gasteiger partial charge in [-0.3, -0.25) is 14.9 Å². The van der Waals surface area contributed by atoms with E-state index in [4.69, 9.17) is 0 Å². The number of nitrogens with zero attached hydrogens (tertiary/aromatic N) is 2. The molecular formula is C10H6FN3O3S. The van der Waals surface area contributed by atoms with Crippen molar-refractivity contribution in [1.82, 2.24) is 9.97 Å². The summed E-state index contributed by atoms with van der Waals surface area (Å²) in [5.74, 6) is -0.718. The van der Waals surface area contributed by atoms with Gasteiger partial charge in [-0.05, 0) is 6.07 Å². The van der Waals surface area contributed by atoms with Crippen molar-refractivity contribution in [3.8, 4) is 0 Å². The van der Waals surface area contributed by atoms with Crippen LogP contribution in [0.25, 0.3) is 0 Å². The van der Waals surface area contributed by atoms with Crippen molar-refractivity contribution in [2.45, 2.75) is 10.1 Å². The molecule has 8 heteroatoms. The van der Waals surface area contributed by atoms with Gasteiger partial charge in [-0.2, -0.15) is 0 Å².